The summed E-state index contributed by atoms with van der Waals surface area (Å²) in [6.45, 7) is 4.07. The number of hydrogen-bond acceptors (Lipinski definition) is 4. The third kappa shape index (κ3) is 3.39. The fourth-order valence-corrected chi connectivity index (χ4v) is 3.67. The highest BCUT2D eigenvalue weighted by atomic mass is 32.1. The van der Waals surface area contributed by atoms with Gasteiger partial charge in [0.15, 0.2) is 5.13 Å². The van der Waals surface area contributed by atoms with Crippen LogP contribution in [-0.2, 0) is 0 Å². The van der Waals surface area contributed by atoms with Crippen molar-refractivity contribution in [1.82, 2.24) is 9.97 Å². The van der Waals surface area contributed by atoms with Crippen molar-refractivity contribution in [2.24, 2.45) is 0 Å². The van der Waals surface area contributed by atoms with Crippen LogP contribution in [0.25, 0.3) is 22.0 Å². The lowest BCUT2D eigenvalue weighted by Gasteiger charge is -2.05. The first-order chi connectivity index (χ1) is 13.0. The van der Waals surface area contributed by atoms with E-state index >= 15 is 0 Å². The van der Waals surface area contributed by atoms with Crippen molar-refractivity contribution in [2.75, 3.05) is 5.32 Å². The molecule has 0 aliphatic heterocycles. The van der Waals surface area contributed by atoms with Gasteiger partial charge in [-0.05, 0) is 43.0 Å². The predicted octanol–water partition coefficient (Wildman–Crippen LogP) is 4.52. The topological polar surface area (TPSA) is 74.8 Å². The minimum Gasteiger partial charge on any atom is -0.317 e. The first kappa shape index (κ1) is 17.2. The quantitative estimate of drug-likeness (QED) is 0.553. The Morgan fingerprint density at radius 3 is 2.78 bits per heavy atom. The lowest BCUT2D eigenvalue weighted by atomic mass is 10.0. The number of fused-ring (bicyclic) bond motifs is 1. The van der Waals surface area contributed by atoms with E-state index in [2.05, 4.69) is 33.5 Å². The molecule has 0 atom stereocenters. The average molecular weight is 375 g/mol. The van der Waals surface area contributed by atoms with Crippen LogP contribution < -0.4 is 10.9 Å². The zero-order valence-electron chi connectivity index (χ0n) is 14.9. The predicted molar refractivity (Wildman–Crippen MR) is 110 cm³/mol. The number of nitrogens with zero attached hydrogens (tertiary/aromatic N) is 1. The Morgan fingerprint density at radius 2 is 1.93 bits per heavy atom. The van der Waals surface area contributed by atoms with Gasteiger partial charge in [0.05, 0.1) is 5.69 Å². The van der Waals surface area contributed by atoms with E-state index in [-0.39, 0.29) is 17.2 Å². The first-order valence-corrected chi connectivity index (χ1v) is 9.36. The largest absolute Gasteiger partial charge is 0.317 e. The molecule has 2 aromatic heterocycles. The van der Waals surface area contributed by atoms with Crippen molar-refractivity contribution < 1.29 is 4.79 Å². The van der Waals surface area contributed by atoms with Gasteiger partial charge in [-0.15, -0.1) is 11.3 Å². The lowest BCUT2D eigenvalue weighted by molar-refractivity contribution is 0.102. The van der Waals surface area contributed by atoms with E-state index < -0.39 is 0 Å². The molecule has 1 amide bonds. The molecule has 0 spiro atoms. The van der Waals surface area contributed by atoms with Gasteiger partial charge in [-0.2, -0.15) is 0 Å². The number of thiazole rings is 1. The second kappa shape index (κ2) is 6.81. The van der Waals surface area contributed by atoms with Crippen LogP contribution in [0.2, 0.25) is 0 Å². The zero-order chi connectivity index (χ0) is 19.0. The van der Waals surface area contributed by atoms with Crippen LogP contribution in [0.15, 0.2) is 58.7 Å². The summed E-state index contributed by atoms with van der Waals surface area (Å²) >= 11 is 1.35. The molecule has 4 aromatic rings. The standard InChI is InChI=1S/C21H17N3O2S/c1-12-7-8-13(2)16(9-12)18-11-27-21(23-18)24-20(26)17-10-14-5-3-4-6-15(14)19(25)22-17/h3-11H,1-2H3,(H,22,25)(H,23,24,26). The summed E-state index contributed by atoms with van der Waals surface area (Å²) in [6.07, 6.45) is 0. The summed E-state index contributed by atoms with van der Waals surface area (Å²) in [6, 6.07) is 15.0. The van der Waals surface area contributed by atoms with Crippen LogP contribution in [0.3, 0.4) is 0 Å². The normalized spacial score (nSPS) is 10.9. The number of pyridine rings is 1. The van der Waals surface area contributed by atoms with Crippen molar-refractivity contribution in [3.8, 4) is 11.3 Å². The number of anilines is 1. The number of carbonyl (C=O) groups excluding carboxylic acids is 1. The summed E-state index contributed by atoms with van der Waals surface area (Å²) in [5, 5.41) is 6.46. The first-order valence-electron chi connectivity index (χ1n) is 8.48. The van der Waals surface area contributed by atoms with Crippen LogP contribution in [0.5, 0.6) is 0 Å². The minimum absolute atomic E-state index is 0.210. The third-order valence-corrected chi connectivity index (χ3v) is 5.15. The van der Waals surface area contributed by atoms with Gasteiger partial charge in [0.25, 0.3) is 11.5 Å². The Balaban J connectivity index is 1.62. The Hall–Kier alpha value is -3.25. The van der Waals surface area contributed by atoms with Crippen LogP contribution in [-0.4, -0.2) is 15.9 Å². The second-order valence-corrected chi connectivity index (χ2v) is 7.27. The van der Waals surface area contributed by atoms with Gasteiger partial charge in [0.1, 0.15) is 5.69 Å². The third-order valence-electron chi connectivity index (χ3n) is 4.39. The van der Waals surface area contributed by atoms with E-state index in [1.54, 1.807) is 18.2 Å². The van der Waals surface area contributed by atoms with E-state index in [0.717, 1.165) is 27.8 Å². The van der Waals surface area contributed by atoms with Crippen LogP contribution in [0.1, 0.15) is 21.6 Å². The van der Waals surface area contributed by atoms with Crippen molar-refractivity contribution >= 4 is 33.1 Å². The molecule has 5 nitrogen and oxygen atoms in total. The number of carbonyl (C=O) groups is 1. The molecule has 0 saturated carbocycles. The zero-order valence-corrected chi connectivity index (χ0v) is 15.7. The Kier molecular flexibility index (Phi) is 4.33. The number of rotatable bonds is 3. The number of aromatic nitrogens is 2. The van der Waals surface area contributed by atoms with Gasteiger partial charge in [0, 0.05) is 16.3 Å². The van der Waals surface area contributed by atoms with Crippen LogP contribution in [0, 0.1) is 13.8 Å². The average Bonchev–Trinajstić information content (AvgIpc) is 3.12. The molecule has 2 heterocycles. The number of benzene rings is 2. The Morgan fingerprint density at radius 1 is 1.11 bits per heavy atom. The second-order valence-electron chi connectivity index (χ2n) is 6.41. The monoisotopic (exact) mass is 375 g/mol. The number of amides is 1. The molecule has 2 N–H and O–H groups in total. The highest BCUT2D eigenvalue weighted by Gasteiger charge is 2.13. The van der Waals surface area contributed by atoms with E-state index in [0.29, 0.717) is 10.5 Å². The lowest BCUT2D eigenvalue weighted by Crippen LogP contribution is -2.18. The van der Waals surface area contributed by atoms with Gasteiger partial charge in [0.2, 0.25) is 0 Å². The smallest absolute Gasteiger partial charge is 0.273 e. The number of hydrogen-bond donors (Lipinski definition) is 2. The SMILES string of the molecule is Cc1ccc(C)c(-c2csc(NC(=O)c3cc4ccccc4c(=O)[nH]3)n2)c1. The molecule has 0 radical (unpaired) electrons. The van der Waals surface area contributed by atoms with Crippen molar-refractivity contribution in [2.45, 2.75) is 13.8 Å². The summed E-state index contributed by atoms with van der Waals surface area (Å²) in [4.78, 5) is 31.9. The maximum absolute atomic E-state index is 12.6. The van der Waals surface area contributed by atoms with Crippen LogP contribution in [0.4, 0.5) is 5.13 Å². The highest BCUT2D eigenvalue weighted by molar-refractivity contribution is 7.14. The highest BCUT2D eigenvalue weighted by Crippen LogP contribution is 2.28. The number of aromatic amines is 1. The summed E-state index contributed by atoms with van der Waals surface area (Å²) in [5.74, 6) is -0.389. The Bertz CT molecular complexity index is 1220. The molecule has 0 unspecified atom stereocenters. The summed E-state index contributed by atoms with van der Waals surface area (Å²) < 4.78 is 0. The minimum atomic E-state index is -0.389. The molecule has 0 saturated heterocycles. The fourth-order valence-electron chi connectivity index (χ4n) is 2.96. The Labute approximate surface area is 159 Å². The molecule has 134 valence electrons. The number of H-pyrrole nitrogens is 1. The van der Waals surface area contributed by atoms with Crippen molar-refractivity contribution in [3.05, 3.63) is 81.1 Å². The molecule has 0 fully saturated rings. The molecule has 2 aromatic carbocycles. The van der Waals surface area contributed by atoms with Gasteiger partial charge < -0.3 is 4.98 Å². The van der Waals surface area contributed by atoms with Gasteiger partial charge >= 0.3 is 0 Å². The number of nitrogens with one attached hydrogen (secondary N) is 2. The molecule has 6 heteroatoms. The maximum Gasteiger partial charge on any atom is 0.273 e. The van der Waals surface area contributed by atoms with Gasteiger partial charge in [-0.3, -0.25) is 14.9 Å². The molecule has 0 aliphatic carbocycles. The molecule has 0 bridgehead atoms. The van der Waals surface area contributed by atoms with E-state index in [1.807, 2.05) is 31.4 Å². The van der Waals surface area contributed by atoms with E-state index in [1.165, 1.54) is 11.3 Å². The van der Waals surface area contributed by atoms with E-state index in [9.17, 15) is 9.59 Å². The molecular weight excluding hydrogens is 358 g/mol. The van der Waals surface area contributed by atoms with Crippen molar-refractivity contribution in [1.29, 1.82) is 0 Å². The molecule has 4 rings (SSSR count). The van der Waals surface area contributed by atoms with Crippen LogP contribution >= 0.6 is 11.3 Å². The number of aryl methyl sites for hydroxylation is 2. The molecule has 27 heavy (non-hydrogen) atoms. The van der Waals surface area contributed by atoms with E-state index in [4.69, 9.17) is 0 Å². The summed E-state index contributed by atoms with van der Waals surface area (Å²) in [5.41, 5.74) is 4.08. The van der Waals surface area contributed by atoms with Crippen molar-refractivity contribution in [3.63, 3.8) is 0 Å². The summed E-state index contributed by atoms with van der Waals surface area (Å²) in [7, 11) is 0. The van der Waals surface area contributed by atoms with Gasteiger partial charge in [-0.1, -0.05) is 35.9 Å². The molecule has 0 aliphatic rings. The van der Waals surface area contributed by atoms with Gasteiger partial charge in [-0.25, -0.2) is 4.98 Å². The fraction of sp³-hybridized carbons (Fsp3) is 0.0952. The maximum atomic E-state index is 12.6. The molecular formula is C21H17N3O2S.